The Labute approximate surface area is 153 Å². The first-order valence-corrected chi connectivity index (χ1v) is 9.16. The van der Waals surface area contributed by atoms with E-state index in [-0.39, 0.29) is 35.5 Å². The Morgan fingerprint density at radius 3 is 1.65 bits per heavy atom. The molecule has 0 bridgehead atoms. The van der Waals surface area contributed by atoms with Crippen LogP contribution in [0.15, 0.2) is 24.3 Å². The molecule has 2 fully saturated rings. The average Bonchev–Trinajstić information content (AvgIpc) is 2.61. The summed E-state index contributed by atoms with van der Waals surface area (Å²) in [6, 6.07) is 6.31. The Bertz CT molecular complexity index is 699. The molecule has 2 unspecified atom stereocenters. The van der Waals surface area contributed by atoms with Gasteiger partial charge in [0.05, 0.1) is 0 Å². The summed E-state index contributed by atoms with van der Waals surface area (Å²) >= 11 is 0. The van der Waals surface area contributed by atoms with E-state index in [0.29, 0.717) is 37.1 Å². The Balaban J connectivity index is 1.78. The molecule has 2 aliphatic heterocycles. The van der Waals surface area contributed by atoms with Gasteiger partial charge < -0.3 is 0 Å². The number of imide groups is 2. The maximum atomic E-state index is 12.7. The molecule has 1 aromatic carbocycles. The lowest BCUT2D eigenvalue weighted by molar-refractivity contribution is -0.132. The number of amides is 4. The number of rotatable bonds is 2. The molecule has 26 heavy (non-hydrogen) atoms. The molecule has 2 aliphatic rings. The van der Waals surface area contributed by atoms with Crippen molar-refractivity contribution in [3.8, 4) is 0 Å². The standard InChI is InChI=1S/C20H24N2O4/c1-13-6-8-21(17(23)10-13)19(25)15-4-3-5-16(12-15)20(26)22-9-7-14(2)11-18(22)24/h3-5,12-14H,6-11H2,1-2H3. The van der Waals surface area contributed by atoms with E-state index in [1.807, 2.05) is 13.8 Å². The lowest BCUT2D eigenvalue weighted by Crippen LogP contribution is -2.43. The molecule has 0 aromatic heterocycles. The maximum absolute atomic E-state index is 12.7. The number of carbonyl (C=O) groups excluding carboxylic acids is 4. The van der Waals surface area contributed by atoms with Crippen molar-refractivity contribution in [2.75, 3.05) is 13.1 Å². The van der Waals surface area contributed by atoms with Crippen molar-refractivity contribution < 1.29 is 19.2 Å². The number of piperidine rings is 2. The predicted molar refractivity (Wildman–Crippen MR) is 95.3 cm³/mol. The Hall–Kier alpha value is -2.50. The van der Waals surface area contributed by atoms with Crippen LogP contribution in [0.3, 0.4) is 0 Å². The fourth-order valence-corrected chi connectivity index (χ4v) is 3.50. The van der Waals surface area contributed by atoms with Gasteiger partial charge in [0.1, 0.15) is 0 Å². The van der Waals surface area contributed by atoms with Crippen molar-refractivity contribution in [1.82, 2.24) is 9.80 Å². The fourth-order valence-electron chi connectivity index (χ4n) is 3.50. The molecule has 138 valence electrons. The van der Waals surface area contributed by atoms with E-state index in [1.54, 1.807) is 18.2 Å². The monoisotopic (exact) mass is 356 g/mol. The van der Waals surface area contributed by atoms with Gasteiger partial charge in [0.25, 0.3) is 11.8 Å². The van der Waals surface area contributed by atoms with Crippen LogP contribution in [0, 0.1) is 11.8 Å². The van der Waals surface area contributed by atoms with E-state index in [4.69, 9.17) is 0 Å². The first kappa shape index (κ1) is 18.3. The van der Waals surface area contributed by atoms with Crippen molar-refractivity contribution in [3.05, 3.63) is 35.4 Å². The summed E-state index contributed by atoms with van der Waals surface area (Å²) in [4.78, 5) is 52.2. The van der Waals surface area contributed by atoms with Gasteiger partial charge in [0.15, 0.2) is 0 Å². The smallest absolute Gasteiger partial charge is 0.260 e. The maximum Gasteiger partial charge on any atom is 0.260 e. The van der Waals surface area contributed by atoms with Crippen molar-refractivity contribution in [2.24, 2.45) is 11.8 Å². The van der Waals surface area contributed by atoms with Gasteiger partial charge in [0, 0.05) is 37.1 Å². The first-order chi connectivity index (χ1) is 12.4. The third-order valence-electron chi connectivity index (χ3n) is 5.19. The molecule has 6 heteroatoms. The van der Waals surface area contributed by atoms with Gasteiger partial charge in [-0.1, -0.05) is 19.9 Å². The molecular formula is C20H24N2O4. The van der Waals surface area contributed by atoms with E-state index in [1.165, 1.54) is 15.9 Å². The molecule has 0 N–H and O–H groups in total. The second kappa shape index (κ2) is 7.40. The lowest BCUT2D eigenvalue weighted by Gasteiger charge is -2.29. The van der Waals surface area contributed by atoms with Crippen LogP contribution in [0.1, 0.15) is 60.2 Å². The van der Waals surface area contributed by atoms with E-state index >= 15 is 0 Å². The zero-order valence-corrected chi connectivity index (χ0v) is 15.2. The highest BCUT2D eigenvalue weighted by Gasteiger charge is 2.31. The number of hydrogen-bond acceptors (Lipinski definition) is 4. The van der Waals surface area contributed by atoms with Gasteiger partial charge in [-0.3, -0.25) is 29.0 Å². The summed E-state index contributed by atoms with van der Waals surface area (Å²) in [6.45, 7) is 4.80. The van der Waals surface area contributed by atoms with Crippen molar-refractivity contribution in [2.45, 2.75) is 39.5 Å². The van der Waals surface area contributed by atoms with Gasteiger partial charge in [-0.25, -0.2) is 0 Å². The van der Waals surface area contributed by atoms with Crippen LogP contribution in [0.4, 0.5) is 0 Å². The van der Waals surface area contributed by atoms with E-state index in [0.717, 1.165) is 12.8 Å². The highest BCUT2D eigenvalue weighted by Crippen LogP contribution is 2.22. The van der Waals surface area contributed by atoms with E-state index in [2.05, 4.69) is 0 Å². The number of benzene rings is 1. The van der Waals surface area contributed by atoms with Crippen LogP contribution < -0.4 is 0 Å². The molecular weight excluding hydrogens is 332 g/mol. The highest BCUT2D eigenvalue weighted by molar-refractivity contribution is 6.08. The average molecular weight is 356 g/mol. The second-order valence-electron chi connectivity index (χ2n) is 7.48. The molecule has 1 aromatic rings. The molecule has 3 rings (SSSR count). The third-order valence-corrected chi connectivity index (χ3v) is 5.19. The van der Waals surface area contributed by atoms with Crippen molar-refractivity contribution in [1.29, 1.82) is 0 Å². The minimum Gasteiger partial charge on any atom is -0.278 e. The van der Waals surface area contributed by atoms with Crippen molar-refractivity contribution >= 4 is 23.6 Å². The summed E-state index contributed by atoms with van der Waals surface area (Å²) in [7, 11) is 0. The van der Waals surface area contributed by atoms with Gasteiger partial charge in [0.2, 0.25) is 11.8 Å². The molecule has 0 aliphatic carbocycles. The lowest BCUT2D eigenvalue weighted by atomic mass is 9.97. The SMILES string of the molecule is CC1CCN(C(=O)c2cccc(C(=O)N3CCC(C)CC3=O)c2)C(=O)C1. The Kier molecular flexibility index (Phi) is 5.20. The van der Waals surface area contributed by atoms with Crippen LogP contribution in [-0.4, -0.2) is 46.5 Å². The quantitative estimate of drug-likeness (QED) is 0.763. The van der Waals surface area contributed by atoms with Gasteiger partial charge in [-0.2, -0.15) is 0 Å². The summed E-state index contributed by atoms with van der Waals surface area (Å²) in [5.41, 5.74) is 0.605. The van der Waals surface area contributed by atoms with Crippen LogP contribution in [0.5, 0.6) is 0 Å². The van der Waals surface area contributed by atoms with Crippen LogP contribution >= 0.6 is 0 Å². The van der Waals surface area contributed by atoms with Gasteiger partial charge in [-0.05, 0) is 42.9 Å². The molecule has 4 amide bonds. The zero-order valence-electron chi connectivity index (χ0n) is 15.2. The normalized spacial score (nSPS) is 23.9. The largest absolute Gasteiger partial charge is 0.278 e. The molecule has 2 heterocycles. The highest BCUT2D eigenvalue weighted by atomic mass is 16.2. The molecule has 6 nitrogen and oxygen atoms in total. The topological polar surface area (TPSA) is 74.8 Å². The predicted octanol–water partition coefficient (Wildman–Crippen LogP) is 2.48. The van der Waals surface area contributed by atoms with Gasteiger partial charge in [-0.15, -0.1) is 0 Å². The summed E-state index contributed by atoms with van der Waals surface area (Å²) < 4.78 is 0. The number of nitrogens with zero attached hydrogens (tertiary/aromatic N) is 2. The van der Waals surface area contributed by atoms with Crippen molar-refractivity contribution in [3.63, 3.8) is 0 Å². The van der Waals surface area contributed by atoms with E-state index < -0.39 is 0 Å². The minimum atomic E-state index is -0.379. The van der Waals surface area contributed by atoms with E-state index in [9.17, 15) is 19.2 Å². The van der Waals surface area contributed by atoms with Crippen LogP contribution in [-0.2, 0) is 9.59 Å². The summed E-state index contributed by atoms with van der Waals surface area (Å²) in [5.74, 6) is -0.541. The molecule has 2 saturated heterocycles. The Morgan fingerprint density at radius 2 is 1.27 bits per heavy atom. The summed E-state index contributed by atoms with van der Waals surface area (Å²) in [6.07, 6.45) is 2.31. The Morgan fingerprint density at radius 1 is 0.846 bits per heavy atom. The summed E-state index contributed by atoms with van der Waals surface area (Å²) in [5, 5.41) is 0. The molecule has 0 radical (unpaired) electrons. The second-order valence-corrected chi connectivity index (χ2v) is 7.48. The molecule has 2 atom stereocenters. The van der Waals surface area contributed by atoms with Crippen LogP contribution in [0.2, 0.25) is 0 Å². The van der Waals surface area contributed by atoms with Crippen LogP contribution in [0.25, 0.3) is 0 Å². The third kappa shape index (κ3) is 3.69. The first-order valence-electron chi connectivity index (χ1n) is 9.16. The minimum absolute atomic E-state index is 0.175. The molecule has 0 saturated carbocycles. The number of likely N-dealkylation sites (tertiary alicyclic amines) is 2. The zero-order chi connectivity index (χ0) is 18.8. The number of hydrogen-bond donors (Lipinski definition) is 0. The molecule has 0 spiro atoms. The van der Waals surface area contributed by atoms with Gasteiger partial charge >= 0.3 is 0 Å². The number of carbonyl (C=O) groups is 4. The fraction of sp³-hybridized carbons (Fsp3) is 0.500.